The summed E-state index contributed by atoms with van der Waals surface area (Å²) in [6.45, 7) is 2.12. The molecule has 6 heteroatoms. The summed E-state index contributed by atoms with van der Waals surface area (Å²) in [5, 5.41) is 6.16. The summed E-state index contributed by atoms with van der Waals surface area (Å²) in [7, 11) is 0. The van der Waals surface area contributed by atoms with Crippen LogP contribution in [0.1, 0.15) is 12.5 Å². The average molecular weight is 246 g/mol. The van der Waals surface area contributed by atoms with Crippen molar-refractivity contribution in [3.63, 3.8) is 0 Å². The van der Waals surface area contributed by atoms with Gasteiger partial charge in [0.15, 0.2) is 5.65 Å². The molecule has 0 radical (unpaired) electrons. The van der Waals surface area contributed by atoms with Crippen molar-refractivity contribution in [2.24, 2.45) is 0 Å². The Morgan fingerprint density at radius 2 is 2.41 bits per heavy atom. The van der Waals surface area contributed by atoms with E-state index in [4.69, 9.17) is 0 Å². The second kappa shape index (κ2) is 3.81. The van der Waals surface area contributed by atoms with Crippen LogP contribution in [-0.2, 0) is 6.42 Å². The van der Waals surface area contributed by atoms with Crippen LogP contribution in [0.2, 0.25) is 0 Å². The van der Waals surface area contributed by atoms with Crippen molar-refractivity contribution >= 4 is 17.0 Å². The molecule has 3 aromatic rings. The van der Waals surface area contributed by atoms with Crippen molar-refractivity contribution in [3.8, 4) is 10.4 Å². The maximum atomic E-state index is 11.5. The summed E-state index contributed by atoms with van der Waals surface area (Å²) in [6.07, 6.45) is 4.09. The lowest BCUT2D eigenvalue weighted by Crippen LogP contribution is -2.17. The molecule has 0 aliphatic carbocycles. The van der Waals surface area contributed by atoms with Crippen LogP contribution in [0.15, 0.2) is 28.8 Å². The Hall–Kier alpha value is -1.95. The van der Waals surface area contributed by atoms with E-state index in [0.717, 1.165) is 16.9 Å². The summed E-state index contributed by atoms with van der Waals surface area (Å²) >= 11 is 1.65. The zero-order valence-electron chi connectivity index (χ0n) is 9.17. The summed E-state index contributed by atoms with van der Waals surface area (Å²) in [6, 6.07) is 2.12. The highest BCUT2D eigenvalue weighted by Crippen LogP contribution is 2.29. The number of fused-ring (bicyclic) bond motifs is 1. The number of H-pyrrole nitrogens is 1. The lowest BCUT2D eigenvalue weighted by atomic mass is 10.2. The highest BCUT2D eigenvalue weighted by molar-refractivity contribution is 7.13. The molecule has 3 aromatic heterocycles. The third-order valence-electron chi connectivity index (χ3n) is 2.64. The first-order valence-electron chi connectivity index (χ1n) is 5.29. The van der Waals surface area contributed by atoms with Crippen molar-refractivity contribution in [2.45, 2.75) is 13.3 Å². The molecule has 86 valence electrons. The van der Waals surface area contributed by atoms with Gasteiger partial charge >= 0.3 is 5.69 Å². The molecule has 0 spiro atoms. The molecule has 0 bridgehead atoms. The third kappa shape index (κ3) is 1.57. The summed E-state index contributed by atoms with van der Waals surface area (Å²) in [5.74, 6) is 0. The summed E-state index contributed by atoms with van der Waals surface area (Å²) in [4.78, 5) is 19.2. The van der Waals surface area contributed by atoms with Crippen LogP contribution in [0, 0.1) is 0 Å². The number of rotatable bonds is 2. The minimum Gasteiger partial charge on any atom is -0.296 e. The van der Waals surface area contributed by atoms with E-state index >= 15 is 0 Å². The first-order valence-corrected chi connectivity index (χ1v) is 6.16. The Balaban J connectivity index is 2.24. The molecule has 5 nitrogen and oxygen atoms in total. The van der Waals surface area contributed by atoms with Crippen LogP contribution in [0.5, 0.6) is 0 Å². The molecule has 0 saturated heterocycles. The van der Waals surface area contributed by atoms with Gasteiger partial charge in [-0.3, -0.25) is 4.98 Å². The fraction of sp³-hybridized carbons (Fsp3) is 0.182. The number of nitrogens with one attached hydrogen (secondary N) is 1. The molecule has 0 aliphatic rings. The Morgan fingerprint density at radius 1 is 1.53 bits per heavy atom. The van der Waals surface area contributed by atoms with Crippen molar-refractivity contribution in [3.05, 3.63) is 40.0 Å². The van der Waals surface area contributed by atoms with Gasteiger partial charge in [-0.1, -0.05) is 6.92 Å². The smallest absolute Gasteiger partial charge is 0.296 e. The molecule has 0 saturated carbocycles. The van der Waals surface area contributed by atoms with Crippen LogP contribution >= 0.6 is 11.3 Å². The number of aromatic amines is 1. The van der Waals surface area contributed by atoms with Crippen LogP contribution < -0.4 is 5.69 Å². The van der Waals surface area contributed by atoms with Crippen LogP contribution in [0.25, 0.3) is 16.1 Å². The van der Waals surface area contributed by atoms with Gasteiger partial charge in [0.05, 0.1) is 18.1 Å². The molecule has 1 N–H and O–H groups in total. The zero-order chi connectivity index (χ0) is 11.8. The van der Waals surface area contributed by atoms with Crippen LogP contribution in [-0.4, -0.2) is 19.6 Å². The number of aromatic nitrogens is 4. The maximum Gasteiger partial charge on any atom is 0.349 e. The first kappa shape index (κ1) is 10.2. The normalized spacial score (nSPS) is 11.1. The van der Waals surface area contributed by atoms with Gasteiger partial charge in [0, 0.05) is 4.88 Å². The molecule has 0 aliphatic heterocycles. The fourth-order valence-corrected chi connectivity index (χ4v) is 2.70. The van der Waals surface area contributed by atoms with Crippen LogP contribution in [0.3, 0.4) is 0 Å². The number of hydrogen-bond donors (Lipinski definition) is 1. The van der Waals surface area contributed by atoms with Crippen molar-refractivity contribution < 1.29 is 0 Å². The van der Waals surface area contributed by atoms with Gasteiger partial charge in [-0.2, -0.15) is 9.61 Å². The second-order valence-electron chi connectivity index (χ2n) is 3.67. The topological polar surface area (TPSA) is 63.1 Å². The van der Waals surface area contributed by atoms with Crippen LogP contribution in [0.4, 0.5) is 0 Å². The standard InChI is InChI=1S/C11H10N4OS/c1-2-7-3-9(17-5-7)8-4-14-15-10(8)12-6-13-11(15)16/h3-6H,2H2,1H3,(H,12,13,16). The van der Waals surface area contributed by atoms with E-state index < -0.39 is 0 Å². The molecule has 0 aromatic carbocycles. The predicted molar refractivity (Wildman–Crippen MR) is 66.3 cm³/mol. The van der Waals surface area contributed by atoms with Gasteiger partial charge in [0.25, 0.3) is 0 Å². The third-order valence-corrected chi connectivity index (χ3v) is 3.65. The first-order chi connectivity index (χ1) is 8.29. The minimum absolute atomic E-state index is 0.270. The predicted octanol–water partition coefficient (Wildman–Crippen LogP) is 1.71. The van der Waals surface area contributed by atoms with Gasteiger partial charge in [-0.05, 0) is 23.4 Å². The molecule has 17 heavy (non-hydrogen) atoms. The molecule has 0 fully saturated rings. The molecule has 0 amide bonds. The van der Waals surface area contributed by atoms with Gasteiger partial charge in [-0.25, -0.2) is 9.78 Å². The minimum atomic E-state index is -0.270. The Labute approximate surface area is 101 Å². The molecule has 0 unspecified atom stereocenters. The van der Waals surface area contributed by atoms with E-state index in [-0.39, 0.29) is 5.69 Å². The Bertz CT molecular complexity index is 724. The monoisotopic (exact) mass is 246 g/mol. The lowest BCUT2D eigenvalue weighted by molar-refractivity contribution is 0.840. The molecular weight excluding hydrogens is 236 g/mol. The van der Waals surface area contributed by atoms with Crippen molar-refractivity contribution in [1.82, 2.24) is 19.6 Å². The van der Waals surface area contributed by atoms with E-state index in [9.17, 15) is 4.79 Å². The fourth-order valence-electron chi connectivity index (χ4n) is 1.70. The van der Waals surface area contributed by atoms with Gasteiger partial charge < -0.3 is 0 Å². The Morgan fingerprint density at radius 3 is 3.18 bits per heavy atom. The summed E-state index contributed by atoms with van der Waals surface area (Å²) < 4.78 is 1.28. The molecule has 3 rings (SSSR count). The summed E-state index contributed by atoms with van der Waals surface area (Å²) in [5.41, 5.74) is 2.52. The Kier molecular flexibility index (Phi) is 2.29. The lowest BCUT2D eigenvalue weighted by Gasteiger charge is -1.93. The highest BCUT2D eigenvalue weighted by atomic mass is 32.1. The van der Waals surface area contributed by atoms with E-state index in [0.29, 0.717) is 5.65 Å². The number of aryl methyl sites for hydroxylation is 1. The highest BCUT2D eigenvalue weighted by Gasteiger charge is 2.11. The molecule has 0 atom stereocenters. The van der Waals surface area contributed by atoms with E-state index in [1.54, 1.807) is 17.5 Å². The average Bonchev–Trinajstić information content (AvgIpc) is 2.94. The van der Waals surface area contributed by atoms with Gasteiger partial charge in [0.1, 0.15) is 0 Å². The number of nitrogens with zero attached hydrogens (tertiary/aromatic N) is 3. The molecule has 3 heterocycles. The largest absolute Gasteiger partial charge is 0.349 e. The number of thiophene rings is 1. The molecular formula is C11H10N4OS. The second-order valence-corrected chi connectivity index (χ2v) is 4.59. The van der Waals surface area contributed by atoms with Gasteiger partial charge in [-0.15, -0.1) is 11.3 Å². The van der Waals surface area contributed by atoms with E-state index in [1.807, 2.05) is 0 Å². The maximum absolute atomic E-state index is 11.5. The quantitative estimate of drug-likeness (QED) is 0.748. The van der Waals surface area contributed by atoms with Crippen molar-refractivity contribution in [2.75, 3.05) is 0 Å². The zero-order valence-corrected chi connectivity index (χ0v) is 9.99. The van der Waals surface area contributed by atoms with Gasteiger partial charge in [0.2, 0.25) is 0 Å². The van der Waals surface area contributed by atoms with E-state index in [1.165, 1.54) is 16.4 Å². The SMILES string of the molecule is CCc1csc(-c2cnn3c(=O)[nH]cnc23)c1. The number of hydrogen-bond acceptors (Lipinski definition) is 4. The van der Waals surface area contributed by atoms with Crippen molar-refractivity contribution in [1.29, 1.82) is 0 Å². The van der Waals surface area contributed by atoms with E-state index in [2.05, 4.69) is 33.4 Å².